The van der Waals surface area contributed by atoms with Crippen LogP contribution in [-0.2, 0) is 9.47 Å². The van der Waals surface area contributed by atoms with Gasteiger partial charge in [-0.2, -0.15) is 0 Å². The first-order chi connectivity index (χ1) is 8.59. The van der Waals surface area contributed by atoms with E-state index in [-0.39, 0.29) is 12.1 Å². The molecule has 3 nitrogen and oxygen atoms in total. The van der Waals surface area contributed by atoms with Crippen molar-refractivity contribution in [2.45, 2.75) is 45.0 Å². The zero-order valence-corrected chi connectivity index (χ0v) is 11.0. The summed E-state index contributed by atoms with van der Waals surface area (Å²) in [6.07, 6.45) is 2.79. The van der Waals surface area contributed by atoms with Gasteiger partial charge in [0, 0.05) is 12.2 Å². The van der Waals surface area contributed by atoms with E-state index >= 15 is 0 Å². The van der Waals surface area contributed by atoms with Gasteiger partial charge in [-0.1, -0.05) is 30.3 Å². The fourth-order valence-corrected chi connectivity index (χ4v) is 2.12. The van der Waals surface area contributed by atoms with E-state index in [0.717, 1.165) is 25.9 Å². The summed E-state index contributed by atoms with van der Waals surface area (Å²) in [5.74, 6) is -0.00252. The molecular formula is C15H20O3. The van der Waals surface area contributed by atoms with Crippen LogP contribution in [0.4, 0.5) is 0 Å². The first-order valence-electron chi connectivity index (χ1n) is 6.49. The standard InChI is InChI=1S/C15H20O3/c1-15(2,18-13-10-6-7-11-17-13)14(16)12-8-4-3-5-9-12/h3-5,8-9,13H,6-7,10-11H2,1-2H3. The van der Waals surface area contributed by atoms with Crippen LogP contribution in [-0.4, -0.2) is 24.3 Å². The van der Waals surface area contributed by atoms with Crippen molar-refractivity contribution in [3.8, 4) is 0 Å². The Balaban J connectivity index is 2.03. The molecule has 1 fully saturated rings. The average Bonchev–Trinajstić information content (AvgIpc) is 2.39. The van der Waals surface area contributed by atoms with Crippen molar-refractivity contribution in [1.82, 2.24) is 0 Å². The van der Waals surface area contributed by atoms with E-state index < -0.39 is 5.60 Å². The number of carbonyl (C=O) groups is 1. The highest BCUT2D eigenvalue weighted by Crippen LogP contribution is 2.23. The van der Waals surface area contributed by atoms with Crippen LogP contribution in [0.5, 0.6) is 0 Å². The largest absolute Gasteiger partial charge is 0.353 e. The first-order valence-corrected chi connectivity index (χ1v) is 6.49. The summed E-state index contributed by atoms with van der Waals surface area (Å²) < 4.78 is 11.3. The molecule has 0 saturated carbocycles. The third-order valence-electron chi connectivity index (χ3n) is 3.15. The molecule has 1 aliphatic heterocycles. The Morgan fingerprint density at radius 1 is 1.28 bits per heavy atom. The van der Waals surface area contributed by atoms with Gasteiger partial charge in [-0.3, -0.25) is 4.79 Å². The second-order valence-corrected chi connectivity index (χ2v) is 5.12. The summed E-state index contributed by atoms with van der Waals surface area (Å²) in [6, 6.07) is 9.25. The van der Waals surface area contributed by atoms with Crippen LogP contribution < -0.4 is 0 Å². The Morgan fingerprint density at radius 2 is 2.00 bits per heavy atom. The van der Waals surface area contributed by atoms with E-state index in [1.54, 1.807) is 13.8 Å². The van der Waals surface area contributed by atoms with Gasteiger partial charge in [0.15, 0.2) is 12.1 Å². The molecule has 1 atom stereocenters. The summed E-state index contributed by atoms with van der Waals surface area (Å²) in [6.45, 7) is 4.33. The molecule has 2 rings (SSSR count). The molecule has 1 aromatic carbocycles. The quantitative estimate of drug-likeness (QED) is 0.768. The van der Waals surface area contributed by atoms with Crippen molar-refractivity contribution in [1.29, 1.82) is 0 Å². The Hall–Kier alpha value is -1.19. The number of hydrogen-bond donors (Lipinski definition) is 0. The molecule has 1 heterocycles. The lowest BCUT2D eigenvalue weighted by Gasteiger charge is -2.31. The van der Waals surface area contributed by atoms with Crippen molar-refractivity contribution < 1.29 is 14.3 Å². The molecule has 1 saturated heterocycles. The summed E-state index contributed by atoms with van der Waals surface area (Å²) in [7, 11) is 0. The molecule has 0 bridgehead atoms. The Labute approximate surface area is 108 Å². The van der Waals surface area contributed by atoms with E-state index in [2.05, 4.69) is 0 Å². The van der Waals surface area contributed by atoms with Crippen LogP contribution in [0.25, 0.3) is 0 Å². The van der Waals surface area contributed by atoms with E-state index in [0.29, 0.717) is 5.56 Å². The zero-order chi connectivity index (χ0) is 13.0. The molecule has 0 aromatic heterocycles. The van der Waals surface area contributed by atoms with Crippen LogP contribution in [0, 0.1) is 0 Å². The lowest BCUT2D eigenvalue weighted by Crippen LogP contribution is -2.40. The van der Waals surface area contributed by atoms with Crippen molar-refractivity contribution in [3.05, 3.63) is 35.9 Å². The van der Waals surface area contributed by atoms with Crippen molar-refractivity contribution in [2.75, 3.05) is 6.61 Å². The second kappa shape index (κ2) is 5.63. The van der Waals surface area contributed by atoms with Gasteiger partial charge in [-0.15, -0.1) is 0 Å². The smallest absolute Gasteiger partial charge is 0.194 e. The van der Waals surface area contributed by atoms with Gasteiger partial charge in [0.2, 0.25) is 0 Å². The average molecular weight is 248 g/mol. The third kappa shape index (κ3) is 3.18. The van der Waals surface area contributed by atoms with Gasteiger partial charge < -0.3 is 9.47 Å². The fraction of sp³-hybridized carbons (Fsp3) is 0.533. The SMILES string of the molecule is CC(C)(OC1CCCCO1)C(=O)c1ccccc1. The molecule has 98 valence electrons. The van der Waals surface area contributed by atoms with Gasteiger partial charge >= 0.3 is 0 Å². The van der Waals surface area contributed by atoms with Gasteiger partial charge in [0.1, 0.15) is 5.60 Å². The van der Waals surface area contributed by atoms with E-state index in [9.17, 15) is 4.79 Å². The number of Topliss-reactive ketones (excluding diaryl/α,β-unsaturated/α-hetero) is 1. The lowest BCUT2D eigenvalue weighted by atomic mass is 9.96. The van der Waals surface area contributed by atoms with Crippen LogP contribution in [0.1, 0.15) is 43.5 Å². The van der Waals surface area contributed by atoms with Crippen molar-refractivity contribution >= 4 is 5.78 Å². The minimum Gasteiger partial charge on any atom is -0.353 e. The van der Waals surface area contributed by atoms with E-state index in [1.165, 1.54) is 0 Å². The van der Waals surface area contributed by atoms with Gasteiger partial charge in [-0.05, 0) is 33.1 Å². The minimum atomic E-state index is -0.844. The Bertz CT molecular complexity index is 391. The molecule has 1 unspecified atom stereocenters. The number of ether oxygens (including phenoxy) is 2. The van der Waals surface area contributed by atoms with Crippen LogP contribution in [0.15, 0.2) is 30.3 Å². The number of benzene rings is 1. The normalized spacial score (nSPS) is 20.7. The van der Waals surface area contributed by atoms with E-state index in [1.807, 2.05) is 30.3 Å². The summed E-state index contributed by atoms with van der Waals surface area (Å²) >= 11 is 0. The van der Waals surface area contributed by atoms with Gasteiger partial charge in [0.05, 0.1) is 0 Å². The maximum Gasteiger partial charge on any atom is 0.194 e. The molecule has 0 aliphatic carbocycles. The molecule has 0 amide bonds. The number of rotatable bonds is 4. The van der Waals surface area contributed by atoms with Crippen LogP contribution in [0.2, 0.25) is 0 Å². The van der Waals surface area contributed by atoms with Crippen LogP contribution >= 0.6 is 0 Å². The molecular weight excluding hydrogens is 228 g/mol. The second-order valence-electron chi connectivity index (χ2n) is 5.12. The Kier molecular flexibility index (Phi) is 4.15. The minimum absolute atomic E-state index is 0.00252. The third-order valence-corrected chi connectivity index (χ3v) is 3.15. The number of ketones is 1. The molecule has 1 aromatic rings. The highest BCUT2D eigenvalue weighted by atomic mass is 16.7. The molecule has 1 aliphatic rings. The predicted molar refractivity (Wildman–Crippen MR) is 69.5 cm³/mol. The summed E-state index contributed by atoms with van der Waals surface area (Å²) in [5.41, 5.74) is -0.165. The molecule has 0 radical (unpaired) electrons. The maximum atomic E-state index is 12.4. The van der Waals surface area contributed by atoms with Crippen molar-refractivity contribution in [3.63, 3.8) is 0 Å². The molecule has 3 heteroatoms. The summed E-state index contributed by atoms with van der Waals surface area (Å²) in [4.78, 5) is 12.4. The van der Waals surface area contributed by atoms with Gasteiger partial charge in [-0.25, -0.2) is 0 Å². The zero-order valence-electron chi connectivity index (χ0n) is 11.0. The molecule has 0 spiro atoms. The fourth-order valence-electron chi connectivity index (χ4n) is 2.12. The highest BCUT2D eigenvalue weighted by molar-refractivity contribution is 6.01. The van der Waals surface area contributed by atoms with Crippen LogP contribution in [0.3, 0.4) is 0 Å². The maximum absolute atomic E-state index is 12.4. The number of carbonyl (C=O) groups excluding carboxylic acids is 1. The highest BCUT2D eigenvalue weighted by Gasteiger charge is 2.33. The monoisotopic (exact) mass is 248 g/mol. The molecule has 0 N–H and O–H groups in total. The van der Waals surface area contributed by atoms with Crippen molar-refractivity contribution in [2.24, 2.45) is 0 Å². The Morgan fingerprint density at radius 3 is 2.61 bits per heavy atom. The summed E-state index contributed by atoms with van der Waals surface area (Å²) in [5, 5.41) is 0. The lowest BCUT2D eigenvalue weighted by molar-refractivity contribution is -0.200. The van der Waals surface area contributed by atoms with Gasteiger partial charge in [0.25, 0.3) is 0 Å². The topological polar surface area (TPSA) is 35.5 Å². The van der Waals surface area contributed by atoms with E-state index in [4.69, 9.17) is 9.47 Å². The molecule has 18 heavy (non-hydrogen) atoms. The number of hydrogen-bond acceptors (Lipinski definition) is 3. The first kappa shape index (κ1) is 13.2. The predicted octanol–water partition coefficient (Wildman–Crippen LogP) is 3.19.